The van der Waals surface area contributed by atoms with E-state index >= 15 is 0 Å². The van der Waals surface area contributed by atoms with E-state index in [0.717, 1.165) is 32.0 Å². The lowest BCUT2D eigenvalue weighted by Gasteiger charge is -2.54. The molecule has 1 aromatic rings. The van der Waals surface area contributed by atoms with Gasteiger partial charge in [0.2, 0.25) is 5.91 Å². The van der Waals surface area contributed by atoms with Gasteiger partial charge < -0.3 is 20.4 Å². The van der Waals surface area contributed by atoms with Gasteiger partial charge in [-0.15, -0.1) is 0 Å². The number of carbonyl (C=O) groups is 2. The maximum atomic E-state index is 14.8. The van der Waals surface area contributed by atoms with E-state index in [1.54, 1.807) is 41.3 Å². The Hall–Kier alpha value is -2.73. The molecule has 1 aliphatic carbocycles. The molecule has 7 nitrogen and oxygen atoms in total. The summed E-state index contributed by atoms with van der Waals surface area (Å²) in [4.78, 5) is 29.4. The molecule has 1 atom stereocenters. The predicted octanol–water partition coefficient (Wildman–Crippen LogP) is 2.53. The lowest BCUT2D eigenvalue weighted by atomic mass is 9.72. The quantitative estimate of drug-likeness (QED) is 0.585. The molecule has 4 rings (SSSR count). The minimum absolute atomic E-state index is 0.110. The van der Waals surface area contributed by atoms with Gasteiger partial charge in [0.05, 0.1) is 6.07 Å². The van der Waals surface area contributed by atoms with E-state index in [1.807, 2.05) is 0 Å². The molecule has 9 heteroatoms. The number of hydrogen-bond donors (Lipinski definition) is 2. The molecule has 0 bridgehead atoms. The molecule has 0 unspecified atom stereocenters. The number of hydrogen-bond acceptors (Lipinski definition) is 4. The number of amides is 3. The summed E-state index contributed by atoms with van der Waals surface area (Å²) in [5.74, 6) is -3.97. The van der Waals surface area contributed by atoms with Gasteiger partial charge in [0.1, 0.15) is 12.6 Å². The van der Waals surface area contributed by atoms with E-state index in [1.165, 1.54) is 12.8 Å². The van der Waals surface area contributed by atoms with Crippen molar-refractivity contribution in [2.45, 2.75) is 56.5 Å². The first-order valence-electron chi connectivity index (χ1n) is 11.7. The lowest BCUT2D eigenvalue weighted by Crippen LogP contribution is -2.65. The van der Waals surface area contributed by atoms with Gasteiger partial charge in [-0.2, -0.15) is 5.26 Å². The standard InChI is InChI=1S/C24H31F2N5O2/c25-24(26,14-18-4-2-1-3-5-18)15-20(21(32)28-11-10-27)29-22(33)31-16-23(17-31)8-12-30(13-9-23)19-6-7-19/h1-5,19-20H,6-9,11-17H2,(H,28,32)(H,29,33)/t20-/m0/s1. The predicted molar refractivity (Wildman–Crippen MR) is 118 cm³/mol. The summed E-state index contributed by atoms with van der Waals surface area (Å²) in [5, 5.41) is 13.5. The molecule has 33 heavy (non-hydrogen) atoms. The maximum Gasteiger partial charge on any atom is 0.318 e. The number of nitrogens with zero attached hydrogens (tertiary/aromatic N) is 3. The molecule has 3 amide bonds. The lowest BCUT2D eigenvalue weighted by molar-refractivity contribution is -0.125. The molecule has 178 valence electrons. The first kappa shape index (κ1) is 23.4. The molecule has 1 aromatic carbocycles. The third-order valence-electron chi connectivity index (χ3n) is 7.03. The van der Waals surface area contributed by atoms with Crippen LogP contribution < -0.4 is 10.6 Å². The minimum atomic E-state index is -3.20. The summed E-state index contributed by atoms with van der Waals surface area (Å²) in [6.45, 7) is 2.96. The number of nitriles is 1. The second-order valence-corrected chi connectivity index (χ2v) is 9.72. The summed E-state index contributed by atoms with van der Waals surface area (Å²) >= 11 is 0. The Morgan fingerprint density at radius 2 is 1.85 bits per heavy atom. The van der Waals surface area contributed by atoms with Crippen LogP contribution >= 0.6 is 0 Å². The van der Waals surface area contributed by atoms with Gasteiger partial charge >= 0.3 is 6.03 Å². The molecule has 3 aliphatic rings. The number of piperidine rings is 1. The molecule has 2 aliphatic heterocycles. The van der Waals surface area contributed by atoms with Crippen molar-refractivity contribution in [3.63, 3.8) is 0 Å². The molecular formula is C24H31F2N5O2. The number of rotatable bonds is 8. The topological polar surface area (TPSA) is 88.5 Å². The van der Waals surface area contributed by atoms with Crippen LogP contribution in [0.1, 0.15) is 37.7 Å². The van der Waals surface area contributed by atoms with Gasteiger partial charge in [-0.25, -0.2) is 13.6 Å². The van der Waals surface area contributed by atoms with Crippen molar-refractivity contribution in [2.24, 2.45) is 5.41 Å². The SMILES string of the molecule is N#CCNC(=O)[C@H](CC(F)(F)Cc1ccccc1)NC(=O)N1CC2(CCN(C3CC3)CC2)C1. The van der Waals surface area contributed by atoms with E-state index in [2.05, 4.69) is 15.5 Å². The maximum absolute atomic E-state index is 14.8. The average Bonchev–Trinajstić information content (AvgIpc) is 3.61. The zero-order valence-electron chi connectivity index (χ0n) is 18.7. The highest BCUT2D eigenvalue weighted by Crippen LogP contribution is 2.42. The zero-order chi connectivity index (χ0) is 23.5. The van der Waals surface area contributed by atoms with Crippen molar-refractivity contribution in [2.75, 3.05) is 32.7 Å². The second kappa shape index (κ2) is 9.64. The van der Waals surface area contributed by atoms with Gasteiger partial charge in [-0.1, -0.05) is 30.3 Å². The van der Waals surface area contributed by atoms with Gasteiger partial charge in [0, 0.05) is 37.4 Å². The summed E-state index contributed by atoms with van der Waals surface area (Å²) < 4.78 is 29.5. The molecule has 2 heterocycles. The highest BCUT2D eigenvalue weighted by Gasteiger charge is 2.48. The average molecular weight is 460 g/mol. The Morgan fingerprint density at radius 3 is 2.45 bits per heavy atom. The summed E-state index contributed by atoms with van der Waals surface area (Å²) in [5.41, 5.74) is 0.561. The van der Waals surface area contributed by atoms with Crippen LogP contribution in [0.2, 0.25) is 0 Å². The Kier molecular flexibility index (Phi) is 6.84. The number of halogens is 2. The highest BCUT2D eigenvalue weighted by molar-refractivity contribution is 5.87. The van der Waals surface area contributed by atoms with Crippen molar-refractivity contribution in [3.05, 3.63) is 35.9 Å². The number of benzene rings is 1. The third kappa shape index (κ3) is 5.99. The molecule has 2 N–H and O–H groups in total. The van der Waals surface area contributed by atoms with Gasteiger partial charge in [0.15, 0.2) is 0 Å². The molecule has 3 fully saturated rings. The van der Waals surface area contributed by atoms with Crippen LogP contribution in [0.15, 0.2) is 30.3 Å². The number of likely N-dealkylation sites (tertiary alicyclic amines) is 2. The van der Waals surface area contributed by atoms with Crippen molar-refractivity contribution in [1.29, 1.82) is 5.26 Å². The molecule has 0 aromatic heterocycles. The van der Waals surface area contributed by atoms with Crippen molar-refractivity contribution >= 4 is 11.9 Å². The smallest absolute Gasteiger partial charge is 0.318 e. The van der Waals surface area contributed by atoms with Crippen LogP contribution in [0.4, 0.5) is 13.6 Å². The van der Waals surface area contributed by atoms with Crippen LogP contribution in [0, 0.1) is 16.7 Å². The van der Waals surface area contributed by atoms with Crippen molar-refractivity contribution < 1.29 is 18.4 Å². The van der Waals surface area contributed by atoms with Crippen LogP contribution in [0.5, 0.6) is 0 Å². The molecule has 1 spiro atoms. The van der Waals surface area contributed by atoms with E-state index in [0.29, 0.717) is 18.7 Å². The monoisotopic (exact) mass is 459 g/mol. The van der Waals surface area contributed by atoms with E-state index in [-0.39, 0.29) is 12.0 Å². The van der Waals surface area contributed by atoms with Crippen LogP contribution in [-0.4, -0.2) is 72.5 Å². The summed E-state index contributed by atoms with van der Waals surface area (Å²) in [6.07, 6.45) is 3.27. The Morgan fingerprint density at radius 1 is 1.18 bits per heavy atom. The number of carbonyl (C=O) groups excluding carboxylic acids is 2. The zero-order valence-corrected chi connectivity index (χ0v) is 18.7. The number of nitrogens with one attached hydrogen (secondary N) is 2. The number of urea groups is 1. The van der Waals surface area contributed by atoms with Gasteiger partial charge in [0.25, 0.3) is 5.92 Å². The van der Waals surface area contributed by atoms with Gasteiger partial charge in [-0.3, -0.25) is 4.79 Å². The molecule has 2 saturated heterocycles. The molecular weight excluding hydrogens is 428 g/mol. The molecule has 0 radical (unpaired) electrons. The summed E-state index contributed by atoms with van der Waals surface area (Å²) in [6, 6.07) is 8.89. The van der Waals surface area contributed by atoms with E-state index in [4.69, 9.17) is 5.26 Å². The Balaban J connectivity index is 1.32. The van der Waals surface area contributed by atoms with Crippen LogP contribution in [0.3, 0.4) is 0 Å². The fraction of sp³-hybridized carbons (Fsp3) is 0.625. The largest absolute Gasteiger partial charge is 0.341 e. The fourth-order valence-electron chi connectivity index (χ4n) is 4.99. The highest BCUT2D eigenvalue weighted by atomic mass is 19.3. The normalized spacial score (nSPS) is 21.1. The first-order valence-corrected chi connectivity index (χ1v) is 11.7. The number of alkyl halides is 2. The first-order chi connectivity index (χ1) is 15.8. The van der Waals surface area contributed by atoms with E-state index in [9.17, 15) is 18.4 Å². The Bertz CT molecular complexity index is 884. The Labute approximate surface area is 193 Å². The second-order valence-electron chi connectivity index (χ2n) is 9.72. The fourth-order valence-corrected chi connectivity index (χ4v) is 4.99. The van der Waals surface area contributed by atoms with E-state index < -0.39 is 36.7 Å². The summed E-state index contributed by atoms with van der Waals surface area (Å²) in [7, 11) is 0. The van der Waals surface area contributed by atoms with Crippen LogP contribution in [-0.2, 0) is 11.2 Å². The van der Waals surface area contributed by atoms with Crippen LogP contribution in [0.25, 0.3) is 0 Å². The van der Waals surface area contributed by atoms with Gasteiger partial charge in [-0.05, 0) is 44.3 Å². The van der Waals surface area contributed by atoms with Crippen molar-refractivity contribution in [1.82, 2.24) is 20.4 Å². The van der Waals surface area contributed by atoms with Crippen molar-refractivity contribution in [3.8, 4) is 6.07 Å². The molecule has 1 saturated carbocycles. The minimum Gasteiger partial charge on any atom is -0.341 e. The third-order valence-corrected chi connectivity index (χ3v) is 7.03.